The molecule has 1 saturated heterocycles. The first-order chi connectivity index (χ1) is 10.6. The molecule has 5 nitrogen and oxygen atoms in total. The van der Waals surface area contributed by atoms with Crippen molar-refractivity contribution in [2.75, 3.05) is 18.1 Å². The van der Waals surface area contributed by atoms with Crippen molar-refractivity contribution in [2.45, 2.75) is 12.0 Å². The van der Waals surface area contributed by atoms with Crippen molar-refractivity contribution in [1.82, 2.24) is 15.1 Å². The Morgan fingerprint density at radius 2 is 2.18 bits per heavy atom. The number of thioether (sulfide) groups is 1. The molecule has 2 aromatic rings. The number of aromatic nitrogens is 2. The lowest BCUT2D eigenvalue weighted by Gasteiger charge is -2.21. The van der Waals surface area contributed by atoms with E-state index in [2.05, 4.69) is 10.4 Å². The van der Waals surface area contributed by atoms with E-state index in [1.54, 1.807) is 36.2 Å². The summed E-state index contributed by atoms with van der Waals surface area (Å²) in [5.74, 6) is 0.894. The highest BCUT2D eigenvalue weighted by Crippen LogP contribution is 2.27. The van der Waals surface area contributed by atoms with Crippen molar-refractivity contribution in [2.24, 2.45) is 0 Å². The molecule has 0 spiro atoms. The van der Waals surface area contributed by atoms with Crippen molar-refractivity contribution >= 4 is 17.7 Å². The fraction of sp³-hybridized carbons (Fsp3) is 0.333. The number of hydrogen-bond acceptors (Lipinski definition) is 4. The van der Waals surface area contributed by atoms with E-state index >= 15 is 0 Å². The Bertz CT molecular complexity index is 666. The first kappa shape index (κ1) is 15.1. The maximum atomic E-state index is 12.9. The van der Waals surface area contributed by atoms with E-state index in [-0.39, 0.29) is 24.0 Å². The van der Waals surface area contributed by atoms with Crippen molar-refractivity contribution in [3.05, 3.63) is 48.0 Å². The zero-order valence-corrected chi connectivity index (χ0v) is 12.6. The highest BCUT2D eigenvalue weighted by atomic mass is 32.2. The molecule has 22 heavy (non-hydrogen) atoms. The Kier molecular flexibility index (Phi) is 4.17. The summed E-state index contributed by atoms with van der Waals surface area (Å²) in [7, 11) is 0. The number of nitrogens with one attached hydrogen (secondary N) is 1. The molecule has 7 heteroatoms. The quantitative estimate of drug-likeness (QED) is 0.898. The molecule has 1 aliphatic heterocycles. The smallest absolute Gasteiger partial charge is 0.271 e. The molecule has 2 heterocycles. The number of benzene rings is 1. The van der Waals surface area contributed by atoms with Crippen LogP contribution in [0.3, 0.4) is 0 Å². The summed E-state index contributed by atoms with van der Waals surface area (Å²) in [5, 5.41) is 17.1. The maximum Gasteiger partial charge on any atom is 0.271 e. The van der Waals surface area contributed by atoms with Crippen LogP contribution in [0, 0.1) is 5.82 Å². The Balaban J connectivity index is 1.65. The summed E-state index contributed by atoms with van der Waals surface area (Å²) in [5.41, 5.74) is 0.115. The monoisotopic (exact) mass is 321 g/mol. The first-order valence-electron chi connectivity index (χ1n) is 6.96. The Labute approximate surface area is 131 Å². The number of rotatable bonds is 4. The van der Waals surface area contributed by atoms with Gasteiger partial charge < -0.3 is 10.4 Å². The lowest BCUT2D eigenvalue weighted by Crippen LogP contribution is -2.43. The van der Waals surface area contributed by atoms with E-state index in [1.165, 1.54) is 16.8 Å². The van der Waals surface area contributed by atoms with Gasteiger partial charge in [0, 0.05) is 18.5 Å². The van der Waals surface area contributed by atoms with Crippen molar-refractivity contribution in [3.8, 4) is 5.69 Å². The van der Waals surface area contributed by atoms with E-state index < -0.39 is 5.60 Å². The normalized spacial score (nSPS) is 21.0. The number of carbonyl (C=O) groups excluding carboxylic acids is 1. The molecule has 0 saturated carbocycles. The maximum absolute atomic E-state index is 12.9. The summed E-state index contributed by atoms with van der Waals surface area (Å²) < 4.78 is 14.4. The van der Waals surface area contributed by atoms with Crippen molar-refractivity contribution in [3.63, 3.8) is 0 Å². The summed E-state index contributed by atoms with van der Waals surface area (Å²) in [4.78, 5) is 12.1. The van der Waals surface area contributed by atoms with Crippen LogP contribution in [0.25, 0.3) is 5.69 Å². The molecule has 1 unspecified atom stereocenters. The van der Waals surface area contributed by atoms with Gasteiger partial charge in [0.05, 0.1) is 11.3 Å². The van der Waals surface area contributed by atoms with E-state index in [0.29, 0.717) is 17.9 Å². The van der Waals surface area contributed by atoms with Gasteiger partial charge >= 0.3 is 0 Å². The number of nitrogens with zero attached hydrogens (tertiary/aromatic N) is 2. The third kappa shape index (κ3) is 3.31. The average Bonchev–Trinajstić information content (AvgIpc) is 3.15. The predicted octanol–water partition coefficient (Wildman–Crippen LogP) is 1.61. The molecule has 1 aliphatic rings. The van der Waals surface area contributed by atoms with Gasteiger partial charge in [0.25, 0.3) is 5.91 Å². The lowest BCUT2D eigenvalue weighted by atomic mass is 10.0. The van der Waals surface area contributed by atoms with Crippen LogP contribution < -0.4 is 5.32 Å². The lowest BCUT2D eigenvalue weighted by molar-refractivity contribution is 0.0610. The largest absolute Gasteiger partial charge is 0.387 e. The molecule has 1 aromatic heterocycles. The topological polar surface area (TPSA) is 67.2 Å². The van der Waals surface area contributed by atoms with Gasteiger partial charge in [-0.3, -0.25) is 4.79 Å². The summed E-state index contributed by atoms with van der Waals surface area (Å²) >= 11 is 1.68. The molecule has 2 N–H and O–H groups in total. The van der Waals surface area contributed by atoms with Crippen molar-refractivity contribution < 1.29 is 14.3 Å². The second kappa shape index (κ2) is 6.10. The van der Waals surface area contributed by atoms with Gasteiger partial charge in [-0.15, -0.1) is 0 Å². The average molecular weight is 321 g/mol. The zero-order valence-electron chi connectivity index (χ0n) is 11.8. The minimum absolute atomic E-state index is 0.224. The van der Waals surface area contributed by atoms with E-state index in [9.17, 15) is 14.3 Å². The Morgan fingerprint density at radius 3 is 2.86 bits per heavy atom. The molecule has 1 atom stereocenters. The SMILES string of the molecule is O=C(NCC1(O)CCSC1)c1ccn(-c2ccc(F)cc2)n1. The molecule has 0 aliphatic carbocycles. The zero-order chi connectivity index (χ0) is 15.6. The molecule has 1 amide bonds. The van der Waals surface area contributed by atoms with Crippen LogP contribution in [-0.2, 0) is 0 Å². The number of amides is 1. The predicted molar refractivity (Wildman–Crippen MR) is 82.7 cm³/mol. The molecular formula is C15H16FN3O2S. The molecule has 3 rings (SSSR count). The van der Waals surface area contributed by atoms with Crippen LogP contribution in [0.1, 0.15) is 16.9 Å². The fourth-order valence-corrected chi connectivity index (χ4v) is 3.55. The van der Waals surface area contributed by atoms with E-state index in [0.717, 1.165) is 5.75 Å². The summed E-state index contributed by atoms with van der Waals surface area (Å²) in [6.07, 6.45) is 2.32. The molecule has 1 fully saturated rings. The fourth-order valence-electron chi connectivity index (χ4n) is 2.25. The van der Waals surface area contributed by atoms with Crippen LogP contribution >= 0.6 is 11.8 Å². The molecule has 0 radical (unpaired) electrons. The molecule has 1 aromatic carbocycles. The molecule has 116 valence electrons. The Morgan fingerprint density at radius 1 is 1.41 bits per heavy atom. The number of halogens is 1. The van der Waals surface area contributed by atoms with Gasteiger partial charge in [0.2, 0.25) is 0 Å². The minimum atomic E-state index is -0.820. The first-order valence-corrected chi connectivity index (χ1v) is 8.11. The van der Waals surface area contributed by atoms with Crippen molar-refractivity contribution in [1.29, 1.82) is 0 Å². The summed E-state index contributed by atoms with van der Waals surface area (Å²) in [6, 6.07) is 7.44. The second-order valence-corrected chi connectivity index (χ2v) is 6.44. The molecular weight excluding hydrogens is 305 g/mol. The standard InChI is InChI=1S/C15H16FN3O2S/c16-11-1-3-12(4-2-11)19-7-5-13(18-19)14(20)17-9-15(21)6-8-22-10-15/h1-5,7,21H,6,8-10H2,(H,17,20). The van der Waals surface area contributed by atoms with Crippen LogP contribution in [-0.4, -0.2) is 44.4 Å². The number of carbonyl (C=O) groups is 1. The number of aliphatic hydroxyl groups is 1. The van der Waals surface area contributed by atoms with Crippen LogP contribution in [0.5, 0.6) is 0 Å². The van der Waals surface area contributed by atoms with E-state index in [1.807, 2.05) is 0 Å². The summed E-state index contributed by atoms with van der Waals surface area (Å²) in [6.45, 7) is 0.224. The highest BCUT2D eigenvalue weighted by Gasteiger charge is 2.32. The Hall–Kier alpha value is -1.86. The van der Waals surface area contributed by atoms with Gasteiger partial charge in [-0.2, -0.15) is 16.9 Å². The highest BCUT2D eigenvalue weighted by molar-refractivity contribution is 7.99. The second-order valence-electron chi connectivity index (χ2n) is 5.33. The van der Waals surface area contributed by atoms with Gasteiger partial charge in [0.1, 0.15) is 5.82 Å². The van der Waals surface area contributed by atoms with Crippen LogP contribution in [0.15, 0.2) is 36.5 Å². The van der Waals surface area contributed by atoms with Gasteiger partial charge in [-0.05, 0) is 42.5 Å². The number of hydrogen-bond donors (Lipinski definition) is 2. The molecule has 0 bridgehead atoms. The van der Waals surface area contributed by atoms with E-state index in [4.69, 9.17) is 0 Å². The third-order valence-corrected chi connectivity index (χ3v) is 4.81. The van der Waals surface area contributed by atoms with Crippen LogP contribution in [0.2, 0.25) is 0 Å². The van der Waals surface area contributed by atoms with Gasteiger partial charge in [0.15, 0.2) is 5.69 Å². The van der Waals surface area contributed by atoms with Gasteiger partial charge in [-0.25, -0.2) is 9.07 Å². The van der Waals surface area contributed by atoms with Crippen LogP contribution in [0.4, 0.5) is 4.39 Å². The minimum Gasteiger partial charge on any atom is -0.387 e. The third-order valence-electron chi connectivity index (χ3n) is 3.57. The van der Waals surface area contributed by atoms with Gasteiger partial charge in [-0.1, -0.05) is 0 Å².